The second-order valence-corrected chi connectivity index (χ2v) is 12.0. The van der Waals surface area contributed by atoms with Crippen molar-refractivity contribution in [2.24, 2.45) is 7.05 Å². The highest BCUT2D eigenvalue weighted by atomic mass is 32.2. The van der Waals surface area contributed by atoms with Crippen LogP contribution in [0.5, 0.6) is 0 Å². The van der Waals surface area contributed by atoms with Crippen molar-refractivity contribution in [1.29, 1.82) is 0 Å². The molecule has 0 saturated heterocycles. The zero-order valence-electron chi connectivity index (χ0n) is 20.9. The Hall–Kier alpha value is -3.22. The molecule has 1 aromatic heterocycles. The van der Waals surface area contributed by atoms with Crippen molar-refractivity contribution in [3.63, 3.8) is 0 Å². The number of aromatic nitrogens is 2. The van der Waals surface area contributed by atoms with E-state index < -0.39 is 56.6 Å². The average molecular weight is 557 g/mol. The van der Waals surface area contributed by atoms with E-state index >= 15 is 4.39 Å². The number of carbonyl (C=O) groups excluding carboxylic acids is 2. The minimum Gasteiger partial charge on any atom is -0.342 e. The van der Waals surface area contributed by atoms with Gasteiger partial charge in [-0.1, -0.05) is 12.1 Å². The molecule has 1 fully saturated rings. The van der Waals surface area contributed by atoms with Crippen molar-refractivity contribution in [1.82, 2.24) is 19.8 Å². The molecule has 4 rings (SSSR count). The zero-order chi connectivity index (χ0) is 27.9. The summed E-state index contributed by atoms with van der Waals surface area (Å²) in [6, 6.07) is 5.86. The smallest absolute Gasteiger partial charge is 0.342 e. The lowest BCUT2D eigenvalue weighted by Crippen LogP contribution is -2.51. The van der Waals surface area contributed by atoms with Gasteiger partial charge in [0.15, 0.2) is 0 Å². The fourth-order valence-electron chi connectivity index (χ4n) is 4.59. The Kier molecular flexibility index (Phi) is 7.43. The van der Waals surface area contributed by atoms with Gasteiger partial charge in [-0.3, -0.25) is 14.3 Å². The van der Waals surface area contributed by atoms with Gasteiger partial charge in [-0.15, -0.1) is 0 Å². The van der Waals surface area contributed by atoms with Crippen molar-refractivity contribution in [2.45, 2.75) is 68.8 Å². The highest BCUT2D eigenvalue weighted by Crippen LogP contribution is 2.39. The quantitative estimate of drug-likeness (QED) is 0.279. The Morgan fingerprint density at radius 2 is 1.95 bits per heavy atom. The molecule has 1 aliphatic heterocycles. The fraction of sp³-hybridized carbons (Fsp3) is 0.480. The monoisotopic (exact) mass is 556 g/mol. The second kappa shape index (κ2) is 10.2. The maximum Gasteiger partial charge on any atom is 0.389 e. The number of nitrogens with zero attached hydrogens (tertiary/aromatic N) is 2. The lowest BCUT2D eigenvalue weighted by molar-refractivity contribution is -0.135. The predicted octanol–water partition coefficient (Wildman–Crippen LogP) is 3.63. The molecule has 0 unspecified atom stereocenters. The van der Waals surface area contributed by atoms with Gasteiger partial charge in [-0.25, -0.2) is 17.5 Å². The third-order valence-corrected chi connectivity index (χ3v) is 8.52. The largest absolute Gasteiger partial charge is 0.389 e. The van der Waals surface area contributed by atoms with E-state index in [-0.39, 0.29) is 42.5 Å². The molecule has 1 atom stereocenters. The molecule has 0 bridgehead atoms. The van der Waals surface area contributed by atoms with Crippen LogP contribution in [0.3, 0.4) is 0 Å². The molecule has 2 aromatic rings. The van der Waals surface area contributed by atoms with Gasteiger partial charge < -0.3 is 5.32 Å². The van der Waals surface area contributed by atoms with E-state index in [4.69, 9.17) is 0 Å². The summed E-state index contributed by atoms with van der Waals surface area (Å²) in [4.78, 5) is 26.3. The maximum absolute atomic E-state index is 15.3. The molecule has 0 radical (unpaired) electrons. The summed E-state index contributed by atoms with van der Waals surface area (Å²) in [5, 5.41) is 6.25. The summed E-state index contributed by atoms with van der Waals surface area (Å²) in [6.07, 6.45) is -2.33. The summed E-state index contributed by atoms with van der Waals surface area (Å²) in [6.45, 7) is 1.57. The number of hydrogen-bond donors (Lipinski definition) is 2. The van der Waals surface area contributed by atoms with Crippen molar-refractivity contribution >= 4 is 27.4 Å². The van der Waals surface area contributed by atoms with E-state index in [2.05, 4.69) is 10.4 Å². The van der Waals surface area contributed by atoms with Crippen LogP contribution in [0.1, 0.15) is 62.3 Å². The fourth-order valence-corrected chi connectivity index (χ4v) is 5.88. The summed E-state index contributed by atoms with van der Waals surface area (Å²) < 4.78 is 80.6. The molecule has 206 valence electrons. The number of benzene rings is 1. The first kappa shape index (κ1) is 27.8. The van der Waals surface area contributed by atoms with Gasteiger partial charge in [0.2, 0.25) is 10.0 Å². The van der Waals surface area contributed by atoms with Crippen LogP contribution in [0, 0.1) is 5.82 Å². The average Bonchev–Trinajstić information content (AvgIpc) is 3.57. The van der Waals surface area contributed by atoms with Gasteiger partial charge in [-0.05, 0) is 56.7 Å². The molecule has 2 amide bonds. The Balaban J connectivity index is 1.62. The van der Waals surface area contributed by atoms with Crippen LogP contribution in [-0.4, -0.2) is 41.4 Å². The number of sulfonamides is 1. The Labute approximate surface area is 217 Å². The van der Waals surface area contributed by atoms with E-state index in [1.165, 1.54) is 16.8 Å². The van der Waals surface area contributed by atoms with Crippen LogP contribution in [-0.2, 0) is 38.6 Å². The number of aryl methyl sites for hydroxylation is 2. The van der Waals surface area contributed by atoms with Crippen molar-refractivity contribution < 1.29 is 35.6 Å². The number of carbonyl (C=O) groups is 2. The zero-order valence-corrected chi connectivity index (χ0v) is 21.7. The molecule has 2 N–H and O–H groups in total. The lowest BCUT2D eigenvalue weighted by Gasteiger charge is -2.37. The second-order valence-electron chi connectivity index (χ2n) is 10.0. The Morgan fingerprint density at radius 1 is 1.24 bits per heavy atom. The summed E-state index contributed by atoms with van der Waals surface area (Å²) in [7, 11) is -2.30. The Bertz CT molecular complexity index is 1400. The minimum absolute atomic E-state index is 0.0656. The normalized spacial score (nSPS) is 20.4. The number of amides is 2. The molecule has 2 heterocycles. The minimum atomic E-state index is -4.24. The number of nitrogens with one attached hydrogen (secondary N) is 2. The summed E-state index contributed by atoms with van der Waals surface area (Å²) >= 11 is 0. The third-order valence-electron chi connectivity index (χ3n) is 6.70. The summed E-state index contributed by atoms with van der Waals surface area (Å²) in [5.74, 6) is -2.61. The summed E-state index contributed by atoms with van der Waals surface area (Å²) in [5.41, 5.74) is -0.664. The first-order chi connectivity index (χ1) is 17.7. The number of unbranched alkanes of at least 4 members (excludes halogenated alkanes) is 1. The highest BCUT2D eigenvalue weighted by Gasteiger charge is 2.44. The molecule has 1 aliphatic carbocycles. The van der Waals surface area contributed by atoms with E-state index in [1.54, 1.807) is 32.3 Å². The van der Waals surface area contributed by atoms with E-state index in [9.17, 15) is 31.2 Å². The Morgan fingerprint density at radius 3 is 2.53 bits per heavy atom. The predicted molar refractivity (Wildman–Crippen MR) is 130 cm³/mol. The third kappa shape index (κ3) is 6.25. The molecule has 0 spiro atoms. The van der Waals surface area contributed by atoms with Crippen LogP contribution in [0.2, 0.25) is 0 Å². The first-order valence-electron chi connectivity index (χ1n) is 12.2. The molecular weight excluding hydrogens is 528 g/mol. The van der Waals surface area contributed by atoms with Gasteiger partial charge in [-0.2, -0.15) is 18.3 Å². The van der Waals surface area contributed by atoms with Crippen LogP contribution in [0.25, 0.3) is 5.57 Å². The van der Waals surface area contributed by atoms with Crippen molar-refractivity contribution in [3.8, 4) is 0 Å². The molecule has 13 heteroatoms. The number of hydrogen-bond acceptors (Lipinski definition) is 5. The van der Waals surface area contributed by atoms with Gasteiger partial charge in [0.25, 0.3) is 11.8 Å². The van der Waals surface area contributed by atoms with Crippen molar-refractivity contribution in [2.75, 3.05) is 0 Å². The SMILES string of the molecule is Cn1ccc(C2=C(C(=O)NS(=O)(=O)C3CC3)C(=O)N[C@](C)(c3ccc(CCCCC(F)(F)F)cc3F)C2)n1. The van der Waals surface area contributed by atoms with E-state index in [1.807, 2.05) is 4.72 Å². The number of halogens is 4. The van der Waals surface area contributed by atoms with E-state index in [0.717, 1.165) is 0 Å². The van der Waals surface area contributed by atoms with Crippen LogP contribution < -0.4 is 10.0 Å². The van der Waals surface area contributed by atoms with Gasteiger partial charge in [0.1, 0.15) is 11.4 Å². The molecule has 1 aromatic carbocycles. The molecular formula is C25H28F4N4O4S. The lowest BCUT2D eigenvalue weighted by atomic mass is 9.79. The molecule has 38 heavy (non-hydrogen) atoms. The topological polar surface area (TPSA) is 110 Å². The van der Waals surface area contributed by atoms with Crippen molar-refractivity contribution in [3.05, 3.63) is 58.7 Å². The van der Waals surface area contributed by atoms with Gasteiger partial charge in [0, 0.05) is 37.2 Å². The van der Waals surface area contributed by atoms with E-state index in [0.29, 0.717) is 18.4 Å². The maximum atomic E-state index is 15.3. The highest BCUT2D eigenvalue weighted by molar-refractivity contribution is 7.91. The van der Waals surface area contributed by atoms with Gasteiger partial charge >= 0.3 is 6.18 Å². The molecule has 8 nitrogen and oxygen atoms in total. The number of rotatable bonds is 9. The van der Waals surface area contributed by atoms with Crippen LogP contribution in [0.15, 0.2) is 36.0 Å². The van der Waals surface area contributed by atoms with Gasteiger partial charge in [0.05, 0.1) is 16.5 Å². The van der Waals surface area contributed by atoms with Crippen LogP contribution in [0.4, 0.5) is 17.6 Å². The van der Waals surface area contributed by atoms with Crippen LogP contribution >= 0.6 is 0 Å². The molecule has 2 aliphatic rings. The first-order valence-corrected chi connectivity index (χ1v) is 13.7. The standard InChI is InChI=1S/C25H28F4N4O4S/c1-24(18-9-6-15(13-19(18)26)5-3-4-11-25(27,28)29)14-17(20-10-12-33(2)31-20)21(22(34)30-24)23(35)32-38(36,37)16-7-8-16/h6,9-10,12-13,16H,3-5,7-8,11,14H2,1-2H3,(H,30,34)(H,32,35)/t24-/m0/s1. The number of alkyl halides is 3. The molecule has 1 saturated carbocycles.